The average Bonchev–Trinajstić information content (AvgIpc) is 3.57. The summed E-state index contributed by atoms with van der Waals surface area (Å²) in [4.78, 5) is 19.9. The fourth-order valence-corrected chi connectivity index (χ4v) is 6.76. The van der Waals surface area contributed by atoms with Gasteiger partial charge in [-0.2, -0.15) is 8.78 Å². The summed E-state index contributed by atoms with van der Waals surface area (Å²) in [5, 5.41) is 0. The van der Waals surface area contributed by atoms with E-state index < -0.39 is 16.4 Å². The van der Waals surface area contributed by atoms with Gasteiger partial charge in [-0.15, -0.1) is 0 Å². The lowest BCUT2D eigenvalue weighted by molar-refractivity contribution is -0.0498. The zero-order valence-electron chi connectivity index (χ0n) is 24.3. The molecule has 0 saturated carbocycles. The summed E-state index contributed by atoms with van der Waals surface area (Å²) in [5.74, 6) is 1.94. The summed E-state index contributed by atoms with van der Waals surface area (Å²) in [6.07, 6.45) is 7.42. The molecule has 224 valence electrons. The molecule has 2 aromatic heterocycles. The van der Waals surface area contributed by atoms with Crippen molar-refractivity contribution in [3.05, 3.63) is 88.8 Å². The molecular weight excluding hydrogens is 572 g/mol. The second kappa shape index (κ2) is 11.2. The van der Waals surface area contributed by atoms with Gasteiger partial charge in [0.1, 0.15) is 23.7 Å². The Labute approximate surface area is 249 Å². The highest BCUT2D eigenvalue weighted by Crippen LogP contribution is 2.40. The molecule has 1 aliphatic carbocycles. The van der Waals surface area contributed by atoms with Crippen LogP contribution in [0.4, 0.5) is 14.6 Å². The minimum absolute atomic E-state index is 0.0262. The fraction of sp³-hybridized carbons (Fsp3) is 0.344. The van der Waals surface area contributed by atoms with Gasteiger partial charge >= 0.3 is 6.61 Å². The molecule has 0 bridgehead atoms. The van der Waals surface area contributed by atoms with E-state index in [2.05, 4.69) is 37.6 Å². The fourth-order valence-electron chi connectivity index (χ4n) is 5.97. The van der Waals surface area contributed by atoms with E-state index in [-0.39, 0.29) is 16.9 Å². The van der Waals surface area contributed by atoms with Crippen LogP contribution >= 0.6 is 0 Å². The summed E-state index contributed by atoms with van der Waals surface area (Å²) in [6, 6.07) is 14.3. The molecule has 0 atom stereocenters. The number of imidazole rings is 1. The number of benzene rings is 2. The number of sulfone groups is 1. The first kappa shape index (κ1) is 29.0. The highest BCUT2D eigenvalue weighted by atomic mass is 32.2. The molecule has 3 heterocycles. The number of aromatic nitrogens is 4. The van der Waals surface area contributed by atoms with Crippen LogP contribution in [-0.4, -0.2) is 54.3 Å². The standard InChI is InChI=1S/C32H33F2N5O3S/c1-20-28(23-5-4-6-25(15-23)42-31(33)34)38-30(37-20)32(2)11-13-39(14-12-32)29-26-16-24(17-27(26)35-19-36-29)22-9-7-21(8-10-22)18-43(3,40)41/h4-10,15-16,19,31H,11-14,17-18H2,1-3H3,(H,37,38). The van der Waals surface area contributed by atoms with Gasteiger partial charge in [0.05, 0.1) is 17.1 Å². The van der Waals surface area contributed by atoms with Crippen molar-refractivity contribution in [3.63, 3.8) is 0 Å². The van der Waals surface area contributed by atoms with E-state index >= 15 is 0 Å². The molecule has 2 aliphatic rings. The first-order chi connectivity index (χ1) is 20.5. The molecule has 1 aliphatic heterocycles. The smallest absolute Gasteiger partial charge is 0.387 e. The van der Waals surface area contributed by atoms with Crippen LogP contribution < -0.4 is 9.64 Å². The summed E-state index contributed by atoms with van der Waals surface area (Å²) in [5.41, 5.74) is 7.10. The summed E-state index contributed by atoms with van der Waals surface area (Å²) in [6.45, 7) is 2.84. The summed E-state index contributed by atoms with van der Waals surface area (Å²) in [7, 11) is -3.09. The Morgan fingerprint density at radius 2 is 1.81 bits per heavy atom. The second-order valence-electron chi connectivity index (χ2n) is 11.7. The van der Waals surface area contributed by atoms with E-state index in [1.807, 2.05) is 37.3 Å². The van der Waals surface area contributed by atoms with Crippen molar-refractivity contribution >= 4 is 27.3 Å². The molecule has 0 radical (unpaired) electrons. The van der Waals surface area contributed by atoms with Gasteiger partial charge in [-0.3, -0.25) is 0 Å². The SMILES string of the molecule is Cc1[nH]c(C2(C)CCN(c3ncnc4c3C=C(c3ccc(CS(C)(=O)=O)cc3)C4)CC2)nc1-c1cccc(OC(F)F)c1. The number of hydrogen-bond donors (Lipinski definition) is 1. The van der Waals surface area contributed by atoms with Crippen molar-refractivity contribution in [3.8, 4) is 17.0 Å². The van der Waals surface area contributed by atoms with Crippen LogP contribution in [0.15, 0.2) is 54.9 Å². The van der Waals surface area contributed by atoms with E-state index in [4.69, 9.17) is 4.98 Å². The number of anilines is 1. The molecule has 2 aromatic carbocycles. The maximum absolute atomic E-state index is 12.7. The highest BCUT2D eigenvalue weighted by molar-refractivity contribution is 7.89. The lowest BCUT2D eigenvalue weighted by Crippen LogP contribution is -2.42. The monoisotopic (exact) mass is 605 g/mol. The maximum Gasteiger partial charge on any atom is 0.387 e. The van der Waals surface area contributed by atoms with Gasteiger partial charge in [0.25, 0.3) is 0 Å². The lowest BCUT2D eigenvalue weighted by atomic mass is 9.79. The Bertz CT molecular complexity index is 1790. The van der Waals surface area contributed by atoms with Crippen molar-refractivity contribution in [2.75, 3.05) is 24.2 Å². The van der Waals surface area contributed by atoms with Gasteiger partial charge in [0.15, 0.2) is 9.84 Å². The quantitative estimate of drug-likeness (QED) is 0.264. The molecule has 43 heavy (non-hydrogen) atoms. The number of rotatable bonds is 8. The predicted molar refractivity (Wildman–Crippen MR) is 163 cm³/mol. The number of ether oxygens (including phenoxy) is 1. The van der Waals surface area contributed by atoms with Gasteiger partial charge in [0.2, 0.25) is 0 Å². The third-order valence-corrected chi connectivity index (χ3v) is 9.19. The first-order valence-corrected chi connectivity index (χ1v) is 16.2. The van der Waals surface area contributed by atoms with Crippen molar-refractivity contribution in [2.45, 2.75) is 50.9 Å². The van der Waals surface area contributed by atoms with Crippen molar-refractivity contribution < 1.29 is 21.9 Å². The van der Waals surface area contributed by atoms with E-state index in [9.17, 15) is 17.2 Å². The number of fused-ring (bicyclic) bond motifs is 1. The molecule has 1 N–H and O–H groups in total. The molecule has 0 unspecified atom stereocenters. The van der Waals surface area contributed by atoms with E-state index in [0.717, 1.165) is 82.5 Å². The average molecular weight is 606 g/mol. The number of nitrogens with one attached hydrogen (secondary N) is 1. The van der Waals surface area contributed by atoms with Gasteiger partial charge in [-0.05, 0) is 54.7 Å². The number of piperidine rings is 1. The zero-order valence-corrected chi connectivity index (χ0v) is 25.1. The van der Waals surface area contributed by atoms with Crippen LogP contribution in [-0.2, 0) is 27.4 Å². The molecule has 8 nitrogen and oxygen atoms in total. The van der Waals surface area contributed by atoms with Crippen LogP contribution in [0.2, 0.25) is 0 Å². The first-order valence-electron chi connectivity index (χ1n) is 14.2. The number of allylic oxidation sites excluding steroid dienone is 1. The number of hydrogen-bond acceptors (Lipinski definition) is 7. The highest BCUT2D eigenvalue weighted by Gasteiger charge is 2.36. The number of alkyl halides is 2. The molecule has 11 heteroatoms. The van der Waals surface area contributed by atoms with Crippen LogP contribution in [0.5, 0.6) is 5.75 Å². The Hall–Kier alpha value is -4.12. The Morgan fingerprint density at radius 1 is 1.07 bits per heavy atom. The van der Waals surface area contributed by atoms with Crippen LogP contribution in [0.1, 0.15) is 53.7 Å². The number of aryl methyl sites for hydroxylation is 1. The molecule has 0 spiro atoms. The second-order valence-corrected chi connectivity index (χ2v) is 13.8. The Balaban J connectivity index is 1.18. The lowest BCUT2D eigenvalue weighted by Gasteiger charge is -2.39. The molecule has 4 aromatic rings. The predicted octanol–water partition coefficient (Wildman–Crippen LogP) is 5.98. The van der Waals surface area contributed by atoms with Crippen molar-refractivity contribution in [2.24, 2.45) is 0 Å². The minimum atomic E-state index is -3.09. The molecular formula is C32H33F2N5O3S. The minimum Gasteiger partial charge on any atom is -0.435 e. The third kappa shape index (κ3) is 6.17. The van der Waals surface area contributed by atoms with Gasteiger partial charge in [0, 0.05) is 48.0 Å². The molecule has 1 fully saturated rings. The maximum atomic E-state index is 12.7. The van der Waals surface area contributed by atoms with Crippen LogP contribution in [0, 0.1) is 6.92 Å². The number of aromatic amines is 1. The summed E-state index contributed by atoms with van der Waals surface area (Å²) >= 11 is 0. The normalized spacial score (nSPS) is 16.3. The van der Waals surface area contributed by atoms with Gasteiger partial charge in [-0.1, -0.05) is 43.3 Å². The summed E-state index contributed by atoms with van der Waals surface area (Å²) < 4.78 is 53.4. The van der Waals surface area contributed by atoms with Crippen molar-refractivity contribution in [1.29, 1.82) is 0 Å². The zero-order chi connectivity index (χ0) is 30.4. The molecule has 1 saturated heterocycles. The van der Waals surface area contributed by atoms with Crippen LogP contribution in [0.3, 0.4) is 0 Å². The number of nitrogens with zero attached hydrogens (tertiary/aromatic N) is 4. The van der Waals surface area contributed by atoms with Crippen LogP contribution in [0.25, 0.3) is 22.9 Å². The topological polar surface area (TPSA) is 101 Å². The van der Waals surface area contributed by atoms with Gasteiger partial charge in [-0.25, -0.2) is 23.4 Å². The third-order valence-electron chi connectivity index (χ3n) is 8.33. The molecule has 0 amide bonds. The van der Waals surface area contributed by atoms with E-state index in [1.165, 1.54) is 12.3 Å². The number of H-pyrrole nitrogens is 1. The number of halogens is 2. The molecule has 6 rings (SSSR count). The Kier molecular flexibility index (Phi) is 7.53. The Morgan fingerprint density at radius 3 is 2.51 bits per heavy atom. The van der Waals surface area contributed by atoms with Gasteiger partial charge < -0.3 is 14.6 Å². The van der Waals surface area contributed by atoms with Crippen molar-refractivity contribution in [1.82, 2.24) is 19.9 Å². The largest absolute Gasteiger partial charge is 0.435 e. The van der Waals surface area contributed by atoms with E-state index in [0.29, 0.717) is 6.42 Å². The van der Waals surface area contributed by atoms with E-state index in [1.54, 1.807) is 18.5 Å².